The van der Waals surface area contributed by atoms with Gasteiger partial charge in [0.15, 0.2) is 5.78 Å². The molecule has 0 bridgehead atoms. The molecule has 2 heterocycles. The number of aromatic nitrogens is 2. The summed E-state index contributed by atoms with van der Waals surface area (Å²) in [6.07, 6.45) is 5.74. The van der Waals surface area contributed by atoms with Gasteiger partial charge >= 0.3 is 0 Å². The smallest absolute Gasteiger partial charge is 0.268 e. The van der Waals surface area contributed by atoms with E-state index in [1.165, 1.54) is 12.8 Å². The molecule has 0 aliphatic heterocycles. The number of carbonyl (C=O) groups is 3. The van der Waals surface area contributed by atoms with Gasteiger partial charge in [0.25, 0.3) is 5.91 Å². The van der Waals surface area contributed by atoms with E-state index in [-0.39, 0.29) is 23.0 Å². The van der Waals surface area contributed by atoms with Gasteiger partial charge < -0.3 is 15.6 Å². The maximum Gasteiger partial charge on any atom is 0.268 e. The van der Waals surface area contributed by atoms with Crippen molar-refractivity contribution in [3.8, 4) is 0 Å². The average molecular weight is 465 g/mol. The van der Waals surface area contributed by atoms with Crippen LogP contribution >= 0.6 is 0 Å². The number of nitrogens with one attached hydrogen (secondary N) is 3. The number of aryl methyl sites for hydroxylation is 2. The predicted molar refractivity (Wildman–Crippen MR) is 132 cm³/mol. The van der Waals surface area contributed by atoms with Gasteiger partial charge in [0.1, 0.15) is 11.7 Å². The number of ketones is 1. The van der Waals surface area contributed by atoms with E-state index in [4.69, 9.17) is 0 Å². The summed E-state index contributed by atoms with van der Waals surface area (Å²) in [4.78, 5) is 47.0. The molecular formula is C27H36N4O3. The number of carbonyl (C=O) groups excluding carboxylic acids is 3. The topological polar surface area (TPSA) is 104 Å². The zero-order valence-corrected chi connectivity index (χ0v) is 20.9. The van der Waals surface area contributed by atoms with E-state index in [2.05, 4.69) is 34.4 Å². The summed E-state index contributed by atoms with van der Waals surface area (Å²) in [5.41, 5.74) is 4.79. The predicted octanol–water partition coefficient (Wildman–Crippen LogP) is 4.67. The molecule has 2 amide bonds. The molecule has 0 radical (unpaired) electrons. The highest BCUT2D eigenvalue weighted by Crippen LogP contribution is 2.37. The Hall–Kier alpha value is -2.96. The Bertz CT molecular complexity index is 1130. The summed E-state index contributed by atoms with van der Waals surface area (Å²) in [6, 6.07) is 3.08. The van der Waals surface area contributed by atoms with E-state index in [0.29, 0.717) is 54.1 Å². The second kappa shape index (κ2) is 9.35. The molecule has 2 aromatic heterocycles. The third-order valence-electron chi connectivity index (χ3n) is 7.02. The number of pyridine rings is 1. The Kier molecular flexibility index (Phi) is 6.65. The van der Waals surface area contributed by atoms with Crippen LogP contribution in [0.25, 0.3) is 0 Å². The van der Waals surface area contributed by atoms with E-state index in [0.717, 1.165) is 23.5 Å². The number of Topliss-reactive ketones (excluding diaryl/α,β-unsaturated/α-hetero) is 1. The Morgan fingerprint density at radius 1 is 1.21 bits per heavy atom. The lowest BCUT2D eigenvalue weighted by Crippen LogP contribution is -2.44. The van der Waals surface area contributed by atoms with Gasteiger partial charge in [-0.3, -0.25) is 19.4 Å². The quantitative estimate of drug-likeness (QED) is 0.528. The van der Waals surface area contributed by atoms with Crippen LogP contribution in [0, 0.1) is 25.2 Å². The second-order valence-corrected chi connectivity index (χ2v) is 10.8. The molecule has 0 saturated heterocycles. The van der Waals surface area contributed by atoms with Crippen molar-refractivity contribution in [2.45, 2.75) is 85.6 Å². The molecule has 7 heteroatoms. The fourth-order valence-corrected chi connectivity index (χ4v) is 4.98. The number of fused-ring (bicyclic) bond motifs is 1. The van der Waals surface area contributed by atoms with Crippen molar-refractivity contribution in [2.75, 3.05) is 5.32 Å². The van der Waals surface area contributed by atoms with Crippen molar-refractivity contribution >= 4 is 23.3 Å². The molecule has 182 valence electrons. The summed E-state index contributed by atoms with van der Waals surface area (Å²) >= 11 is 0. The first-order valence-corrected chi connectivity index (χ1v) is 12.4. The number of hydrogen-bond acceptors (Lipinski definition) is 4. The van der Waals surface area contributed by atoms with Gasteiger partial charge in [-0.2, -0.15) is 0 Å². The van der Waals surface area contributed by atoms with Gasteiger partial charge in [-0.1, -0.05) is 33.6 Å². The fraction of sp³-hybridized carbons (Fsp3) is 0.556. The SMILES string of the molecule is CCc1nc(C)ccc1NC(=O)C(CCC1CC1)NC(=O)c1[nH]c2c(c1C)C(=O)CC(C)(C)C2. The molecule has 2 aromatic rings. The highest BCUT2D eigenvalue weighted by Gasteiger charge is 2.36. The molecule has 1 saturated carbocycles. The standard InChI is InChI=1S/C27H36N4O3/c1-6-18-19(11-7-15(2)28-18)30-25(33)20(12-10-17-8-9-17)31-26(34)24-16(3)23-21(29-24)13-27(4,5)14-22(23)32/h7,11,17,20,29H,6,8-10,12-14H2,1-5H3,(H,30,33)(H,31,34). The van der Waals surface area contributed by atoms with Crippen LogP contribution < -0.4 is 10.6 Å². The van der Waals surface area contributed by atoms with Crippen LogP contribution in [0.3, 0.4) is 0 Å². The lowest BCUT2D eigenvalue weighted by Gasteiger charge is -2.28. The lowest BCUT2D eigenvalue weighted by atomic mass is 9.75. The second-order valence-electron chi connectivity index (χ2n) is 10.8. The van der Waals surface area contributed by atoms with Gasteiger partial charge in [-0.25, -0.2) is 0 Å². The zero-order valence-electron chi connectivity index (χ0n) is 20.9. The van der Waals surface area contributed by atoms with E-state index >= 15 is 0 Å². The zero-order chi connectivity index (χ0) is 24.6. The van der Waals surface area contributed by atoms with Gasteiger partial charge in [0, 0.05) is 23.4 Å². The largest absolute Gasteiger partial charge is 0.354 e. The first-order chi connectivity index (χ1) is 16.1. The van der Waals surface area contributed by atoms with Gasteiger partial charge in [-0.05, 0) is 68.6 Å². The van der Waals surface area contributed by atoms with Crippen molar-refractivity contribution < 1.29 is 14.4 Å². The van der Waals surface area contributed by atoms with Crippen molar-refractivity contribution in [3.05, 3.63) is 46.0 Å². The van der Waals surface area contributed by atoms with Gasteiger partial charge in [0.2, 0.25) is 5.91 Å². The number of H-pyrrole nitrogens is 1. The number of anilines is 1. The molecule has 0 aromatic carbocycles. The molecule has 4 rings (SSSR count). The molecular weight excluding hydrogens is 428 g/mol. The molecule has 1 atom stereocenters. The first kappa shape index (κ1) is 24.2. The summed E-state index contributed by atoms with van der Waals surface area (Å²) < 4.78 is 0. The molecule has 1 fully saturated rings. The average Bonchev–Trinajstić information content (AvgIpc) is 3.53. The van der Waals surface area contributed by atoms with Gasteiger partial charge in [0.05, 0.1) is 11.4 Å². The minimum Gasteiger partial charge on any atom is -0.354 e. The number of aromatic amines is 1. The van der Waals surface area contributed by atoms with Crippen molar-refractivity contribution in [3.63, 3.8) is 0 Å². The normalized spacial score (nSPS) is 17.7. The van der Waals surface area contributed by atoms with Crippen LogP contribution in [0.2, 0.25) is 0 Å². The fourth-order valence-electron chi connectivity index (χ4n) is 4.98. The molecule has 34 heavy (non-hydrogen) atoms. The van der Waals surface area contributed by atoms with E-state index < -0.39 is 6.04 Å². The van der Waals surface area contributed by atoms with E-state index in [1.807, 2.05) is 32.9 Å². The number of nitrogens with zero attached hydrogens (tertiary/aromatic N) is 1. The van der Waals surface area contributed by atoms with E-state index in [1.54, 1.807) is 0 Å². The third kappa shape index (κ3) is 5.24. The van der Waals surface area contributed by atoms with Crippen LogP contribution in [0.4, 0.5) is 5.69 Å². The molecule has 3 N–H and O–H groups in total. The van der Waals surface area contributed by atoms with Crippen LogP contribution in [-0.4, -0.2) is 33.6 Å². The highest BCUT2D eigenvalue weighted by molar-refractivity contribution is 6.06. The van der Waals surface area contributed by atoms with Crippen LogP contribution in [0.5, 0.6) is 0 Å². The maximum atomic E-state index is 13.3. The Morgan fingerprint density at radius 3 is 2.62 bits per heavy atom. The summed E-state index contributed by atoms with van der Waals surface area (Å²) in [5, 5.41) is 5.95. The first-order valence-electron chi connectivity index (χ1n) is 12.4. The van der Waals surface area contributed by atoms with Crippen LogP contribution in [0.1, 0.15) is 96.4 Å². The highest BCUT2D eigenvalue weighted by atomic mass is 16.2. The van der Waals surface area contributed by atoms with Crippen molar-refractivity contribution in [1.82, 2.24) is 15.3 Å². The van der Waals surface area contributed by atoms with Crippen LogP contribution in [0.15, 0.2) is 12.1 Å². The Morgan fingerprint density at radius 2 is 1.94 bits per heavy atom. The van der Waals surface area contributed by atoms with Crippen LogP contribution in [-0.2, 0) is 17.6 Å². The monoisotopic (exact) mass is 464 g/mol. The summed E-state index contributed by atoms with van der Waals surface area (Å²) in [7, 11) is 0. The number of hydrogen-bond donors (Lipinski definition) is 3. The van der Waals surface area contributed by atoms with Crippen molar-refractivity contribution in [1.29, 1.82) is 0 Å². The number of rotatable bonds is 8. The van der Waals surface area contributed by atoms with Crippen molar-refractivity contribution in [2.24, 2.45) is 11.3 Å². The molecule has 0 spiro atoms. The molecule has 2 aliphatic rings. The number of amides is 2. The Balaban J connectivity index is 1.54. The molecule has 1 unspecified atom stereocenters. The maximum absolute atomic E-state index is 13.3. The summed E-state index contributed by atoms with van der Waals surface area (Å²) in [6.45, 7) is 9.86. The summed E-state index contributed by atoms with van der Waals surface area (Å²) in [5.74, 6) is 0.131. The minimum atomic E-state index is -0.661. The molecule has 7 nitrogen and oxygen atoms in total. The lowest BCUT2D eigenvalue weighted by molar-refractivity contribution is -0.118. The Labute approximate surface area is 201 Å². The minimum absolute atomic E-state index is 0.0704. The third-order valence-corrected chi connectivity index (χ3v) is 7.02. The molecule has 2 aliphatic carbocycles. The van der Waals surface area contributed by atoms with Gasteiger partial charge in [-0.15, -0.1) is 0 Å². The van der Waals surface area contributed by atoms with E-state index in [9.17, 15) is 14.4 Å².